The van der Waals surface area contributed by atoms with E-state index in [1.807, 2.05) is 13.8 Å². The third-order valence-corrected chi connectivity index (χ3v) is 10.4. The zero-order chi connectivity index (χ0) is 33.3. The van der Waals surface area contributed by atoms with E-state index in [9.17, 15) is 38.7 Å². The highest BCUT2D eigenvalue weighted by molar-refractivity contribution is 7.66. The number of phosphoric acid groups is 3. The molecular formula is C23H31N4O15P3. The molecule has 1 saturated heterocycles. The summed E-state index contributed by atoms with van der Waals surface area (Å²) in [5, 5.41) is 22.7. The van der Waals surface area contributed by atoms with Crippen molar-refractivity contribution in [2.75, 3.05) is 12.3 Å². The lowest BCUT2D eigenvalue weighted by molar-refractivity contribution is -0.386. The summed E-state index contributed by atoms with van der Waals surface area (Å²) in [5.74, 6) is -0.154. The number of para-hydroxylation sites is 1. The molecule has 1 fully saturated rings. The first kappa shape index (κ1) is 35.3. The van der Waals surface area contributed by atoms with Crippen molar-refractivity contribution in [3.8, 4) is 0 Å². The summed E-state index contributed by atoms with van der Waals surface area (Å²) in [6.45, 7) is 2.82. The van der Waals surface area contributed by atoms with Gasteiger partial charge in [-0.15, -0.1) is 0 Å². The number of anilines is 1. The Bertz CT molecular complexity index is 1700. The van der Waals surface area contributed by atoms with E-state index in [-0.39, 0.29) is 24.6 Å². The van der Waals surface area contributed by atoms with E-state index in [2.05, 4.69) is 18.1 Å². The average molecular weight is 696 g/mol. The molecule has 1 aliphatic rings. The Morgan fingerprint density at radius 2 is 1.82 bits per heavy atom. The standard InChI is InChI=1S/C23H31N4O15P3/c1-13(2)22(15-5-3-4-6-17(15)27(29)30)38-11-14-10-26(23-21(14)16(24)7-8-25-23)20-9-18(28)19(40-20)12-39-44(34,35)42-45(36,37)41-43(31,32)33/h3-8,10,13,18-20,22,28H,9,11-12H2,1-2H3,(H2,24,25)(H,34,35)(H,36,37)(H2,31,32,33)/t18-,19-,20-,22-/m1/s1. The molecule has 1 aliphatic heterocycles. The van der Waals surface area contributed by atoms with E-state index >= 15 is 0 Å². The minimum atomic E-state index is -5.72. The number of hydrogen-bond donors (Lipinski definition) is 6. The Labute approximate surface area is 255 Å². The fourth-order valence-corrected chi connectivity index (χ4v) is 7.86. The molecule has 0 radical (unpaired) electrons. The fraction of sp³-hybridized carbons (Fsp3) is 0.435. The van der Waals surface area contributed by atoms with Crippen LogP contribution in [0.3, 0.4) is 0 Å². The number of nitro groups is 1. The maximum absolute atomic E-state index is 12.1. The van der Waals surface area contributed by atoms with Crippen molar-refractivity contribution in [2.45, 2.75) is 51.4 Å². The van der Waals surface area contributed by atoms with Gasteiger partial charge in [0.05, 0.1) is 35.9 Å². The molecule has 2 unspecified atom stereocenters. The SMILES string of the molecule is CC(C)[C@@H](OCc1cn([C@H]2C[C@@H](O)[C@@H](COP(=O)(O)OP(=O)(O)OP(=O)(O)O)O2)c2nccc(N)c12)c1ccccc1[N+](=O)[O-]. The van der Waals surface area contributed by atoms with Gasteiger partial charge in [-0.25, -0.2) is 18.7 Å². The van der Waals surface area contributed by atoms with Gasteiger partial charge in [-0.1, -0.05) is 26.0 Å². The molecule has 0 saturated carbocycles. The molecule has 2 aromatic heterocycles. The van der Waals surface area contributed by atoms with Crippen LogP contribution in [0.1, 0.15) is 43.7 Å². The second-order valence-corrected chi connectivity index (χ2v) is 14.7. The largest absolute Gasteiger partial charge is 0.490 e. The van der Waals surface area contributed by atoms with E-state index < -0.39 is 59.5 Å². The van der Waals surface area contributed by atoms with Crippen molar-refractivity contribution < 1.29 is 65.9 Å². The normalized spacial score (nSPS) is 22.4. The molecule has 4 rings (SSSR count). The summed E-state index contributed by atoms with van der Waals surface area (Å²) in [6, 6.07) is 7.82. The zero-order valence-electron chi connectivity index (χ0n) is 23.6. The first-order chi connectivity index (χ1) is 20.9. The Balaban J connectivity index is 1.52. The van der Waals surface area contributed by atoms with Crippen molar-refractivity contribution >= 4 is 45.9 Å². The summed E-state index contributed by atoms with van der Waals surface area (Å²) in [5.41, 5.74) is 7.80. The second-order valence-electron chi connectivity index (χ2n) is 10.3. The van der Waals surface area contributed by atoms with Crippen LogP contribution in [0.2, 0.25) is 0 Å². The van der Waals surface area contributed by atoms with Crippen LogP contribution in [0.25, 0.3) is 11.0 Å². The summed E-state index contributed by atoms with van der Waals surface area (Å²) in [6.07, 6.45) is -1.15. The highest BCUT2D eigenvalue weighted by Crippen LogP contribution is 2.66. The van der Waals surface area contributed by atoms with Crippen LogP contribution < -0.4 is 5.73 Å². The van der Waals surface area contributed by atoms with Gasteiger partial charge in [0.15, 0.2) is 0 Å². The van der Waals surface area contributed by atoms with Crippen LogP contribution in [0.4, 0.5) is 11.4 Å². The lowest BCUT2D eigenvalue weighted by Gasteiger charge is -2.22. The molecule has 45 heavy (non-hydrogen) atoms. The maximum Gasteiger partial charge on any atom is 0.490 e. The minimum Gasteiger partial charge on any atom is -0.398 e. The van der Waals surface area contributed by atoms with Crippen molar-refractivity contribution in [1.82, 2.24) is 9.55 Å². The van der Waals surface area contributed by atoms with E-state index in [4.69, 9.17) is 25.0 Å². The molecular weight excluding hydrogens is 665 g/mol. The molecule has 248 valence electrons. The number of ether oxygens (including phenoxy) is 2. The van der Waals surface area contributed by atoms with Crippen LogP contribution in [0.5, 0.6) is 0 Å². The third kappa shape index (κ3) is 8.81. The number of rotatable bonds is 14. The van der Waals surface area contributed by atoms with Crippen LogP contribution in [-0.2, 0) is 42.9 Å². The van der Waals surface area contributed by atoms with E-state index in [0.717, 1.165) is 0 Å². The predicted octanol–water partition coefficient (Wildman–Crippen LogP) is 3.43. The van der Waals surface area contributed by atoms with Gasteiger partial charge in [0.2, 0.25) is 0 Å². The number of nitrogens with zero attached hydrogens (tertiary/aromatic N) is 3. The van der Waals surface area contributed by atoms with Gasteiger partial charge in [0, 0.05) is 41.5 Å². The number of pyridine rings is 1. The molecule has 0 aliphatic carbocycles. The molecule has 3 heterocycles. The van der Waals surface area contributed by atoms with Crippen LogP contribution in [-0.4, -0.2) is 58.0 Å². The predicted molar refractivity (Wildman–Crippen MR) is 154 cm³/mol. The average Bonchev–Trinajstić information content (AvgIpc) is 3.46. The van der Waals surface area contributed by atoms with E-state index in [1.54, 1.807) is 35.0 Å². The van der Waals surface area contributed by atoms with Crippen molar-refractivity contribution in [2.24, 2.45) is 5.92 Å². The number of phosphoric ester groups is 1. The first-order valence-electron chi connectivity index (χ1n) is 13.1. The quantitative estimate of drug-likeness (QED) is 0.0799. The highest BCUT2D eigenvalue weighted by Gasteiger charge is 2.43. The number of nitrogen functional groups attached to an aromatic ring is 1. The van der Waals surface area contributed by atoms with Crippen LogP contribution >= 0.6 is 23.5 Å². The number of hydrogen-bond acceptors (Lipinski definition) is 13. The lowest BCUT2D eigenvalue weighted by Crippen LogP contribution is -2.26. The summed E-state index contributed by atoms with van der Waals surface area (Å²) < 4.78 is 60.0. The number of nitrogens with two attached hydrogens (primary N) is 1. The zero-order valence-corrected chi connectivity index (χ0v) is 26.3. The monoisotopic (exact) mass is 696 g/mol. The number of aromatic nitrogens is 2. The fourth-order valence-electron chi connectivity index (χ4n) is 4.83. The highest BCUT2D eigenvalue weighted by atomic mass is 31.3. The Morgan fingerprint density at radius 1 is 1.13 bits per heavy atom. The molecule has 6 atom stereocenters. The minimum absolute atomic E-state index is 0.0426. The summed E-state index contributed by atoms with van der Waals surface area (Å²) in [7, 11) is -16.7. The maximum atomic E-state index is 12.1. The van der Waals surface area contributed by atoms with Gasteiger partial charge in [-0.2, -0.15) is 8.62 Å². The van der Waals surface area contributed by atoms with Crippen LogP contribution in [0.15, 0.2) is 42.7 Å². The molecule has 19 nitrogen and oxygen atoms in total. The summed E-state index contributed by atoms with van der Waals surface area (Å²) in [4.78, 5) is 51.9. The molecule has 0 amide bonds. The molecule has 7 N–H and O–H groups in total. The summed E-state index contributed by atoms with van der Waals surface area (Å²) >= 11 is 0. The first-order valence-corrected chi connectivity index (χ1v) is 17.6. The number of fused-ring (bicyclic) bond motifs is 1. The molecule has 1 aromatic carbocycles. The number of benzene rings is 1. The van der Waals surface area contributed by atoms with Gasteiger partial charge in [0.25, 0.3) is 5.69 Å². The second kappa shape index (κ2) is 13.6. The molecule has 3 aromatic rings. The van der Waals surface area contributed by atoms with Gasteiger partial charge in [-0.3, -0.25) is 14.6 Å². The van der Waals surface area contributed by atoms with Gasteiger partial charge in [0.1, 0.15) is 18.0 Å². The van der Waals surface area contributed by atoms with Crippen molar-refractivity contribution in [3.63, 3.8) is 0 Å². The molecule has 22 heteroatoms. The number of aliphatic hydroxyl groups excluding tert-OH is 1. The van der Waals surface area contributed by atoms with Crippen molar-refractivity contribution in [1.29, 1.82) is 0 Å². The van der Waals surface area contributed by atoms with Gasteiger partial charge in [-0.05, 0) is 18.1 Å². The van der Waals surface area contributed by atoms with Crippen LogP contribution in [0, 0.1) is 16.0 Å². The van der Waals surface area contributed by atoms with Gasteiger partial charge >= 0.3 is 23.5 Å². The van der Waals surface area contributed by atoms with E-state index in [0.29, 0.717) is 27.8 Å². The van der Waals surface area contributed by atoms with Crippen molar-refractivity contribution in [3.05, 3.63) is 64.0 Å². The Kier molecular flexibility index (Phi) is 10.7. The molecule has 0 spiro atoms. The number of nitro benzene ring substituents is 1. The van der Waals surface area contributed by atoms with Gasteiger partial charge < -0.3 is 44.5 Å². The smallest absolute Gasteiger partial charge is 0.398 e. The third-order valence-electron chi connectivity index (χ3n) is 6.62. The van der Waals surface area contributed by atoms with E-state index in [1.165, 1.54) is 12.3 Å². The Hall–Kier alpha value is -2.60. The topological polar surface area (TPSA) is 285 Å². The lowest BCUT2D eigenvalue weighted by atomic mass is 9.97. The number of aliphatic hydroxyl groups is 1. The molecule has 0 bridgehead atoms. The Morgan fingerprint density at radius 3 is 2.47 bits per heavy atom.